The molecule has 26 heavy (non-hydrogen) atoms. The van der Waals surface area contributed by atoms with Crippen LogP contribution in [0.4, 0.5) is 0 Å². The van der Waals surface area contributed by atoms with Gasteiger partial charge in [0.15, 0.2) is 11.5 Å². The molecule has 0 fully saturated rings. The first kappa shape index (κ1) is 16.9. The molecule has 0 spiro atoms. The zero-order valence-electron chi connectivity index (χ0n) is 15.4. The van der Waals surface area contributed by atoms with Crippen LogP contribution in [0.15, 0.2) is 54.6 Å². The average Bonchev–Trinajstić information content (AvgIpc) is 2.71. The van der Waals surface area contributed by atoms with Crippen molar-refractivity contribution in [1.82, 2.24) is 4.98 Å². The van der Waals surface area contributed by atoms with E-state index < -0.39 is 0 Å². The molecule has 3 heteroatoms. The van der Waals surface area contributed by atoms with Crippen LogP contribution in [-0.4, -0.2) is 18.2 Å². The lowest BCUT2D eigenvalue weighted by molar-refractivity contribution is 0.171. The summed E-state index contributed by atoms with van der Waals surface area (Å²) in [5.41, 5.74) is 3.57. The lowest BCUT2D eigenvalue weighted by Gasteiger charge is -2.21. The Morgan fingerprint density at radius 3 is 2.50 bits per heavy atom. The quantitative estimate of drug-likeness (QED) is 0.594. The highest BCUT2D eigenvalue weighted by molar-refractivity contribution is 5.78. The number of aromatic nitrogens is 1. The van der Waals surface area contributed by atoms with E-state index in [1.54, 1.807) is 0 Å². The van der Waals surface area contributed by atoms with E-state index in [9.17, 15) is 0 Å². The molecule has 2 heterocycles. The summed E-state index contributed by atoms with van der Waals surface area (Å²) < 4.78 is 11.3. The molecule has 1 aliphatic heterocycles. The van der Waals surface area contributed by atoms with Crippen molar-refractivity contribution in [2.24, 2.45) is 0 Å². The van der Waals surface area contributed by atoms with E-state index in [0.29, 0.717) is 25.0 Å². The van der Waals surface area contributed by atoms with Crippen molar-refractivity contribution in [3.63, 3.8) is 0 Å². The summed E-state index contributed by atoms with van der Waals surface area (Å²) in [6, 6.07) is 19.0. The Labute approximate surface area is 155 Å². The summed E-state index contributed by atoms with van der Waals surface area (Å²) in [6.07, 6.45) is 2.23. The van der Waals surface area contributed by atoms with E-state index in [1.807, 2.05) is 12.1 Å². The molecule has 0 bridgehead atoms. The van der Waals surface area contributed by atoms with Gasteiger partial charge in [-0.1, -0.05) is 44.2 Å². The van der Waals surface area contributed by atoms with Crippen molar-refractivity contribution in [3.05, 3.63) is 65.9 Å². The fraction of sp³-hybridized carbons (Fsp3) is 0.348. The smallest absolute Gasteiger partial charge is 0.161 e. The van der Waals surface area contributed by atoms with E-state index >= 15 is 0 Å². The molecule has 4 rings (SSSR count). The molecule has 2 atom stereocenters. The van der Waals surface area contributed by atoms with Gasteiger partial charge in [0, 0.05) is 11.1 Å². The molecule has 3 aromatic rings. The minimum absolute atomic E-state index is 0.444. The van der Waals surface area contributed by atoms with Gasteiger partial charge in [-0.25, -0.2) is 0 Å². The molecule has 3 nitrogen and oxygen atoms in total. The largest absolute Gasteiger partial charge is 0.486 e. The maximum atomic E-state index is 5.72. The summed E-state index contributed by atoms with van der Waals surface area (Å²) in [5.74, 6) is 2.67. The van der Waals surface area contributed by atoms with Crippen LogP contribution in [0.2, 0.25) is 0 Å². The second-order valence-electron chi connectivity index (χ2n) is 7.21. The molecule has 0 saturated heterocycles. The molecule has 0 saturated carbocycles. The molecule has 2 unspecified atom stereocenters. The van der Waals surface area contributed by atoms with E-state index in [2.05, 4.69) is 56.3 Å². The van der Waals surface area contributed by atoms with Gasteiger partial charge in [-0.15, -0.1) is 0 Å². The highest BCUT2D eigenvalue weighted by Gasteiger charge is 2.16. The number of hydrogen-bond acceptors (Lipinski definition) is 3. The first-order valence-electron chi connectivity index (χ1n) is 9.46. The number of pyridine rings is 1. The summed E-state index contributed by atoms with van der Waals surface area (Å²) in [6.45, 7) is 5.83. The first-order chi connectivity index (χ1) is 12.7. The molecule has 1 aliphatic rings. The van der Waals surface area contributed by atoms with Crippen LogP contribution < -0.4 is 9.47 Å². The van der Waals surface area contributed by atoms with Gasteiger partial charge in [-0.05, 0) is 54.5 Å². The van der Waals surface area contributed by atoms with Gasteiger partial charge in [-0.2, -0.15) is 0 Å². The summed E-state index contributed by atoms with van der Waals surface area (Å²) in [5, 5.41) is 1.20. The van der Waals surface area contributed by atoms with Gasteiger partial charge in [0.1, 0.15) is 13.2 Å². The summed E-state index contributed by atoms with van der Waals surface area (Å²) in [4.78, 5) is 4.85. The third kappa shape index (κ3) is 3.52. The fourth-order valence-corrected chi connectivity index (χ4v) is 3.54. The van der Waals surface area contributed by atoms with E-state index in [-0.39, 0.29) is 0 Å². The van der Waals surface area contributed by atoms with Gasteiger partial charge >= 0.3 is 0 Å². The van der Waals surface area contributed by atoms with Crippen LogP contribution in [-0.2, 0) is 0 Å². The highest BCUT2D eigenvalue weighted by Crippen LogP contribution is 2.35. The molecule has 0 aliphatic carbocycles. The Morgan fingerprint density at radius 1 is 0.846 bits per heavy atom. The third-order valence-corrected chi connectivity index (χ3v) is 5.29. The van der Waals surface area contributed by atoms with Gasteiger partial charge in [0.25, 0.3) is 0 Å². The van der Waals surface area contributed by atoms with Crippen LogP contribution in [0, 0.1) is 0 Å². The summed E-state index contributed by atoms with van der Waals surface area (Å²) >= 11 is 0. The van der Waals surface area contributed by atoms with Gasteiger partial charge in [-0.3, -0.25) is 4.98 Å². The lowest BCUT2D eigenvalue weighted by atomic mass is 9.90. The van der Waals surface area contributed by atoms with Crippen molar-refractivity contribution < 1.29 is 9.47 Å². The zero-order chi connectivity index (χ0) is 17.9. The van der Waals surface area contributed by atoms with Gasteiger partial charge in [0.05, 0.1) is 5.52 Å². The predicted octanol–water partition coefficient (Wildman–Crippen LogP) is 5.69. The Balaban J connectivity index is 1.42. The third-order valence-electron chi connectivity index (χ3n) is 5.29. The highest BCUT2D eigenvalue weighted by atomic mass is 16.6. The molecule has 2 aromatic carbocycles. The molecule has 0 amide bonds. The Hall–Kier alpha value is -2.55. The van der Waals surface area contributed by atoms with Gasteiger partial charge < -0.3 is 9.47 Å². The number of nitrogens with zero attached hydrogens (tertiary/aromatic N) is 1. The van der Waals surface area contributed by atoms with E-state index in [1.165, 1.54) is 16.6 Å². The molecular formula is C23H25NO2. The van der Waals surface area contributed by atoms with Crippen molar-refractivity contribution in [1.29, 1.82) is 0 Å². The van der Waals surface area contributed by atoms with E-state index in [4.69, 9.17) is 14.5 Å². The van der Waals surface area contributed by atoms with E-state index in [0.717, 1.165) is 29.9 Å². The monoisotopic (exact) mass is 347 g/mol. The Bertz CT molecular complexity index is 906. The van der Waals surface area contributed by atoms with Crippen molar-refractivity contribution in [2.45, 2.75) is 38.5 Å². The minimum Gasteiger partial charge on any atom is -0.486 e. The second-order valence-corrected chi connectivity index (χ2v) is 7.21. The first-order valence-corrected chi connectivity index (χ1v) is 9.46. The topological polar surface area (TPSA) is 31.4 Å². The van der Waals surface area contributed by atoms with Crippen molar-refractivity contribution >= 4 is 10.9 Å². The molecule has 0 N–H and O–H groups in total. The number of fused-ring (bicyclic) bond motifs is 2. The zero-order valence-corrected chi connectivity index (χ0v) is 15.4. The number of para-hydroxylation sites is 1. The van der Waals surface area contributed by atoms with Crippen LogP contribution in [0.3, 0.4) is 0 Å². The van der Waals surface area contributed by atoms with Crippen LogP contribution in [0.5, 0.6) is 11.5 Å². The van der Waals surface area contributed by atoms with Crippen LogP contribution in [0.25, 0.3) is 10.9 Å². The Morgan fingerprint density at radius 2 is 1.62 bits per heavy atom. The Kier molecular flexibility index (Phi) is 4.79. The minimum atomic E-state index is 0.444. The SMILES string of the molecule is CC(CCC(C)c1ccc2ccccc2n1)c1ccc2c(c1)OCCO2. The standard InChI is InChI=1S/C23H25NO2/c1-16(19-10-12-22-23(15-19)26-14-13-25-22)7-8-17(2)20-11-9-18-5-3-4-6-21(18)24-20/h3-6,9-12,15-17H,7-8,13-14H2,1-2H3. The van der Waals surface area contributed by atoms with Crippen LogP contribution >= 0.6 is 0 Å². The molecular weight excluding hydrogens is 322 g/mol. The van der Waals surface area contributed by atoms with Crippen molar-refractivity contribution in [2.75, 3.05) is 13.2 Å². The summed E-state index contributed by atoms with van der Waals surface area (Å²) in [7, 11) is 0. The average molecular weight is 347 g/mol. The molecule has 0 radical (unpaired) electrons. The second kappa shape index (κ2) is 7.36. The van der Waals surface area contributed by atoms with Crippen molar-refractivity contribution in [3.8, 4) is 11.5 Å². The number of ether oxygens (including phenoxy) is 2. The van der Waals surface area contributed by atoms with Crippen LogP contribution in [0.1, 0.15) is 49.8 Å². The maximum Gasteiger partial charge on any atom is 0.161 e. The number of hydrogen-bond donors (Lipinski definition) is 0. The maximum absolute atomic E-state index is 5.72. The molecule has 1 aromatic heterocycles. The number of benzene rings is 2. The molecule has 134 valence electrons. The number of rotatable bonds is 5. The lowest BCUT2D eigenvalue weighted by Crippen LogP contribution is -2.15. The predicted molar refractivity (Wildman–Crippen MR) is 105 cm³/mol. The fourth-order valence-electron chi connectivity index (χ4n) is 3.54. The van der Waals surface area contributed by atoms with Gasteiger partial charge in [0.2, 0.25) is 0 Å². The normalized spacial score (nSPS) is 15.6.